The Balaban J connectivity index is 1.88. The quantitative estimate of drug-likeness (QED) is 0.110. The summed E-state index contributed by atoms with van der Waals surface area (Å²) < 4.78 is 17.5. The van der Waals surface area contributed by atoms with Crippen LogP contribution < -0.4 is 11.1 Å². The number of hydrogen-bond acceptors (Lipinski definition) is 23. The molecule has 0 aliphatic carbocycles. The summed E-state index contributed by atoms with van der Waals surface area (Å²) in [7, 11) is 0. The zero-order valence-electron chi connectivity index (χ0n) is 55.8. The van der Waals surface area contributed by atoms with E-state index in [2.05, 4.69) is 5.32 Å². The molecule has 0 saturated carbocycles. The maximum absolute atomic E-state index is 13.7. The fourth-order valence-electron chi connectivity index (χ4n) is 11.6. The number of hydrogen-bond donors (Lipinski definition) is 19. The maximum atomic E-state index is 13.7. The number of nitrogens with two attached hydrogens (primary N) is 1. The predicted octanol–water partition coefficient (Wildman–Crippen LogP) is 1.26. The summed E-state index contributed by atoms with van der Waals surface area (Å²) >= 11 is 0. The van der Waals surface area contributed by atoms with E-state index in [-0.39, 0.29) is 68.0 Å². The number of carbonyl (C=O) groups is 2. The summed E-state index contributed by atoms with van der Waals surface area (Å²) in [6, 6.07) is 7.46. The van der Waals surface area contributed by atoms with Crippen molar-refractivity contribution in [2.24, 2.45) is 47.2 Å². The van der Waals surface area contributed by atoms with Crippen LogP contribution >= 0.6 is 0 Å². The van der Waals surface area contributed by atoms with Crippen molar-refractivity contribution in [3.8, 4) is 0 Å². The number of allylic oxidation sites excluding steroid dienone is 2. The van der Waals surface area contributed by atoms with Gasteiger partial charge in [-0.3, -0.25) is 4.79 Å². The second-order valence-corrected chi connectivity index (χ2v) is 26.6. The van der Waals surface area contributed by atoms with Crippen LogP contribution in [0.2, 0.25) is 0 Å². The Morgan fingerprint density at radius 3 is 1.84 bits per heavy atom. The topological polar surface area (TPSA) is 444 Å². The molecular weight excluding hydrogens is 1210 g/mol. The predicted molar refractivity (Wildman–Crippen MR) is 347 cm³/mol. The van der Waals surface area contributed by atoms with Gasteiger partial charge >= 0.3 is 5.97 Å². The van der Waals surface area contributed by atoms with E-state index in [9.17, 15) is 96.4 Å². The Kier molecular flexibility index (Phi) is 37.6. The molecule has 0 bridgehead atoms. The lowest BCUT2D eigenvalue weighted by Gasteiger charge is -2.41. The lowest BCUT2D eigenvalue weighted by Crippen LogP contribution is -2.60. The molecule has 2 heterocycles. The van der Waals surface area contributed by atoms with Crippen LogP contribution in [0.3, 0.4) is 0 Å². The van der Waals surface area contributed by atoms with Gasteiger partial charge in [-0.15, -0.1) is 0 Å². The molecule has 1 saturated heterocycles. The van der Waals surface area contributed by atoms with Crippen molar-refractivity contribution in [1.82, 2.24) is 5.32 Å². The lowest BCUT2D eigenvalue weighted by molar-refractivity contribution is -0.313. The fraction of sp³-hybridized carbons (Fsp3) is 0.739. The van der Waals surface area contributed by atoms with Crippen LogP contribution in [0.25, 0.3) is 0 Å². The number of carbonyl (C=O) groups excluding carboxylic acids is 2. The molecule has 93 heavy (non-hydrogen) atoms. The van der Waals surface area contributed by atoms with Crippen LogP contribution in [0.15, 0.2) is 84.0 Å². The van der Waals surface area contributed by atoms with Gasteiger partial charge in [0.15, 0.2) is 6.29 Å². The van der Waals surface area contributed by atoms with E-state index in [1.807, 2.05) is 37.3 Å². The minimum atomic E-state index is -1.89. The number of benzene rings is 1. The first-order chi connectivity index (χ1) is 43.7. The normalized spacial score (nSPS) is 40.6. The average molecular weight is 1330 g/mol. The van der Waals surface area contributed by atoms with Gasteiger partial charge in [0.1, 0.15) is 36.6 Å². The highest BCUT2D eigenvalue weighted by Crippen LogP contribution is 2.30. The molecule has 20 N–H and O–H groups in total. The van der Waals surface area contributed by atoms with Crippen LogP contribution in [0.5, 0.6) is 0 Å². The molecule has 0 spiro atoms. The van der Waals surface area contributed by atoms with E-state index >= 15 is 0 Å². The molecule has 0 aromatic heterocycles. The minimum absolute atomic E-state index is 0.000999. The molecule has 1 fully saturated rings. The largest absolute Gasteiger partial charge is 0.458 e. The van der Waals surface area contributed by atoms with Crippen LogP contribution in [0, 0.1) is 41.4 Å². The van der Waals surface area contributed by atoms with Gasteiger partial charge < -0.3 is 112 Å². The Morgan fingerprint density at radius 1 is 0.656 bits per heavy atom. The van der Waals surface area contributed by atoms with Gasteiger partial charge in [-0.05, 0) is 87.8 Å². The summed E-state index contributed by atoms with van der Waals surface area (Å²) in [6.45, 7) is 14.6. The third-order valence-electron chi connectivity index (χ3n) is 18.7. The highest BCUT2D eigenvalue weighted by Gasteiger charge is 2.46. The molecular formula is C69H116N2O22. The van der Waals surface area contributed by atoms with Gasteiger partial charge in [-0.1, -0.05) is 121 Å². The standard InChI is InChI=1S/C69H116N2O22/c1-37-14-10-11-18-53(78)43(7)63(85)38(2)15-12-16-40(4)68(90)91-58(42(6)54(79)26-27-61(83)71-35-47-23-21-46(34-70)22-24-47)19-13-17-48(73)29-49(74)31-55(80)44(8)64(86)45(9)56(81)32-50(75)30-51(76)33-57(82)59(28-41(5)62(84)39(3)20-25-52(37)77)92-69-67(89)66(88)65(87)60(36-72)93-69/h10,13-14,16-17,20-25,28,37-39,42-45,48-60,62-67,69,72-82,84-89H,11-12,15,18-19,26-27,29-36,70H2,1-9H3,(H,71,83)/b14-10+,17-13+,25-20+,40-16+,41-28+/t37?,38?,39?,42?,43?,44?,45?,48?,49?,50?,51?,52?,53?,54?,55?,56?,57?,58?,59?,60-,62?,63?,64?,65-,66+,67+,69+/m1/s1. The monoisotopic (exact) mass is 1320 g/mol. The molecule has 24 heteroatoms. The summed E-state index contributed by atoms with van der Waals surface area (Å²) in [5, 5.41) is 190. The molecule has 3 rings (SSSR count). The Morgan fingerprint density at radius 2 is 1.24 bits per heavy atom. The minimum Gasteiger partial charge on any atom is -0.458 e. The number of cyclic esters (lactones) is 1. The number of nitrogens with one attached hydrogen (secondary N) is 1. The van der Waals surface area contributed by atoms with Crippen molar-refractivity contribution >= 4 is 11.9 Å². The highest BCUT2D eigenvalue weighted by molar-refractivity contribution is 5.87. The van der Waals surface area contributed by atoms with E-state index in [0.717, 1.165) is 11.1 Å². The number of aliphatic hydroxyl groups excluding tert-OH is 17. The van der Waals surface area contributed by atoms with Crippen LogP contribution in [0.1, 0.15) is 150 Å². The number of esters is 1. The van der Waals surface area contributed by atoms with Crippen LogP contribution in [0.4, 0.5) is 0 Å². The molecule has 2 aliphatic rings. The molecule has 1 aromatic carbocycles. The van der Waals surface area contributed by atoms with Gasteiger partial charge in [-0.2, -0.15) is 0 Å². The Labute approximate surface area is 549 Å². The van der Waals surface area contributed by atoms with E-state index in [1.54, 1.807) is 52.8 Å². The van der Waals surface area contributed by atoms with Crippen molar-refractivity contribution in [2.75, 3.05) is 6.61 Å². The van der Waals surface area contributed by atoms with Gasteiger partial charge in [0.25, 0.3) is 0 Å². The molecule has 1 amide bonds. The first kappa shape index (κ1) is 83.3. The van der Waals surface area contributed by atoms with E-state index in [0.29, 0.717) is 32.2 Å². The molecule has 534 valence electrons. The summed E-state index contributed by atoms with van der Waals surface area (Å²) in [6.07, 6.45) is -15.4. The summed E-state index contributed by atoms with van der Waals surface area (Å²) in [4.78, 5) is 26.6. The van der Waals surface area contributed by atoms with Gasteiger partial charge in [0.05, 0.1) is 86.0 Å². The van der Waals surface area contributed by atoms with Gasteiger partial charge in [-0.25, -0.2) is 4.79 Å². The summed E-state index contributed by atoms with van der Waals surface area (Å²) in [5.41, 5.74) is 7.98. The first-order valence-electron chi connectivity index (χ1n) is 33.1. The molecule has 1 aromatic rings. The van der Waals surface area contributed by atoms with E-state index in [1.165, 1.54) is 45.1 Å². The average Bonchev–Trinajstić information content (AvgIpc) is 0.843. The number of ether oxygens (including phenoxy) is 3. The van der Waals surface area contributed by atoms with Crippen molar-refractivity contribution in [3.63, 3.8) is 0 Å². The Hall–Kier alpha value is -3.94. The molecule has 24 nitrogen and oxygen atoms in total. The zero-order chi connectivity index (χ0) is 70.0. The third kappa shape index (κ3) is 28.2. The van der Waals surface area contributed by atoms with Crippen molar-refractivity contribution in [1.29, 1.82) is 0 Å². The Bertz CT molecular complexity index is 2450. The molecule has 2 aliphatic heterocycles. The number of rotatable bonds is 11. The second kappa shape index (κ2) is 42.0. The zero-order valence-corrected chi connectivity index (χ0v) is 55.8. The van der Waals surface area contributed by atoms with Crippen LogP contribution in [-0.4, -0.2) is 228 Å². The van der Waals surface area contributed by atoms with Crippen molar-refractivity contribution in [2.45, 2.75) is 275 Å². The van der Waals surface area contributed by atoms with Gasteiger partial charge in [0, 0.05) is 79.9 Å². The third-order valence-corrected chi connectivity index (χ3v) is 18.7. The smallest absolute Gasteiger partial charge is 0.333 e. The number of aliphatic hydroxyl groups is 17. The summed E-state index contributed by atoms with van der Waals surface area (Å²) in [5.74, 6) is -5.55. The highest BCUT2D eigenvalue weighted by atomic mass is 16.7. The molecule has 22 unspecified atom stereocenters. The van der Waals surface area contributed by atoms with Crippen molar-refractivity contribution < 1.29 is 111 Å². The second-order valence-electron chi connectivity index (χ2n) is 26.6. The molecule has 0 radical (unpaired) electrons. The maximum Gasteiger partial charge on any atom is 0.333 e. The fourth-order valence-corrected chi connectivity index (χ4v) is 11.6. The lowest BCUT2D eigenvalue weighted by atomic mass is 9.82. The van der Waals surface area contributed by atoms with Gasteiger partial charge in [0.2, 0.25) is 5.91 Å². The van der Waals surface area contributed by atoms with E-state index in [4.69, 9.17) is 19.9 Å². The number of amides is 1. The molecule has 27 atom stereocenters. The first-order valence-corrected chi connectivity index (χ1v) is 33.1. The van der Waals surface area contributed by atoms with Crippen molar-refractivity contribution in [3.05, 3.63) is 95.1 Å². The SMILES string of the molecule is C/C1=C\CCC(C)C(O)C(C)C(O)CC/C=C/C(C)C(O)/C=C/C(C)C(O)/C(C)=C/C(O[C@H]2O[C@H](CO)[C@@H](O)[C@H](O)[C@@H]2O)C(O)CC(O)CC(O)CC(O)C(C)C(O)C(C)C(O)CC(O)CC(O)/C=C/CC(C(C)C(O)CCC(=O)NCc2ccc(CN)cc2)OC1=O. The van der Waals surface area contributed by atoms with E-state index < -0.39 is 183 Å². The van der Waals surface area contributed by atoms with Crippen LogP contribution in [-0.2, 0) is 36.9 Å².